The van der Waals surface area contributed by atoms with Crippen LogP contribution in [0.15, 0.2) is 66.7 Å². The Bertz CT molecular complexity index is 835. The summed E-state index contributed by atoms with van der Waals surface area (Å²) in [5, 5.41) is 0. The highest BCUT2D eigenvalue weighted by Gasteiger charge is 2.10. The summed E-state index contributed by atoms with van der Waals surface area (Å²) in [4.78, 5) is 0. The molecule has 25 heavy (non-hydrogen) atoms. The van der Waals surface area contributed by atoms with Crippen LogP contribution in [0, 0.1) is 11.6 Å². The van der Waals surface area contributed by atoms with Crippen LogP contribution in [0.3, 0.4) is 0 Å². The van der Waals surface area contributed by atoms with E-state index in [1.807, 2.05) is 12.1 Å². The van der Waals surface area contributed by atoms with E-state index >= 15 is 0 Å². The average molecular weight is 336 g/mol. The van der Waals surface area contributed by atoms with Crippen molar-refractivity contribution >= 4 is 0 Å². The van der Waals surface area contributed by atoms with Crippen LogP contribution in [0.25, 0.3) is 22.3 Å². The Hall–Kier alpha value is -2.48. The number of benzene rings is 3. The topological polar surface area (TPSA) is 0 Å². The van der Waals surface area contributed by atoms with Crippen LogP contribution in [0.4, 0.5) is 8.78 Å². The first-order valence-corrected chi connectivity index (χ1v) is 8.83. The van der Waals surface area contributed by atoms with Gasteiger partial charge in [-0.1, -0.05) is 74.4 Å². The van der Waals surface area contributed by atoms with Gasteiger partial charge in [-0.2, -0.15) is 0 Å². The molecule has 0 amide bonds. The van der Waals surface area contributed by atoms with E-state index in [9.17, 15) is 8.78 Å². The van der Waals surface area contributed by atoms with E-state index in [-0.39, 0.29) is 11.6 Å². The Morgan fingerprint density at radius 1 is 0.680 bits per heavy atom. The Labute approximate surface area is 148 Å². The lowest BCUT2D eigenvalue weighted by Crippen LogP contribution is -1.90. The molecule has 0 atom stereocenters. The molecular formula is C23H22F2. The van der Waals surface area contributed by atoms with Gasteiger partial charge in [-0.25, -0.2) is 8.78 Å². The van der Waals surface area contributed by atoms with E-state index in [0.29, 0.717) is 16.7 Å². The second-order valence-corrected chi connectivity index (χ2v) is 6.33. The first-order chi connectivity index (χ1) is 12.2. The molecule has 0 fully saturated rings. The summed E-state index contributed by atoms with van der Waals surface area (Å²) >= 11 is 0. The van der Waals surface area contributed by atoms with Gasteiger partial charge in [-0.05, 0) is 41.7 Å². The van der Waals surface area contributed by atoms with E-state index in [2.05, 4.69) is 19.1 Å². The van der Waals surface area contributed by atoms with Crippen molar-refractivity contribution in [3.05, 3.63) is 83.9 Å². The van der Waals surface area contributed by atoms with Gasteiger partial charge in [-0.3, -0.25) is 0 Å². The van der Waals surface area contributed by atoms with E-state index in [1.54, 1.807) is 30.3 Å². The van der Waals surface area contributed by atoms with Gasteiger partial charge in [0.25, 0.3) is 0 Å². The number of rotatable bonds is 6. The monoisotopic (exact) mass is 336 g/mol. The summed E-state index contributed by atoms with van der Waals surface area (Å²) in [7, 11) is 0. The van der Waals surface area contributed by atoms with Crippen LogP contribution in [0.5, 0.6) is 0 Å². The second kappa shape index (κ2) is 8.06. The molecule has 0 aliphatic rings. The number of hydrogen-bond acceptors (Lipinski definition) is 0. The maximum atomic E-state index is 14.6. The molecule has 0 N–H and O–H groups in total. The molecule has 0 saturated heterocycles. The van der Waals surface area contributed by atoms with Crippen LogP contribution in [0.2, 0.25) is 0 Å². The van der Waals surface area contributed by atoms with Gasteiger partial charge in [0.05, 0.1) is 0 Å². The quantitative estimate of drug-likeness (QED) is 0.424. The average Bonchev–Trinajstić information content (AvgIpc) is 2.63. The van der Waals surface area contributed by atoms with Crippen molar-refractivity contribution in [1.29, 1.82) is 0 Å². The minimum Gasteiger partial charge on any atom is -0.206 e. The summed E-state index contributed by atoms with van der Waals surface area (Å²) in [5.74, 6) is -0.675. The molecular weight excluding hydrogens is 314 g/mol. The minimum atomic E-state index is -0.342. The predicted molar refractivity (Wildman–Crippen MR) is 100 cm³/mol. The van der Waals surface area contributed by atoms with E-state index in [1.165, 1.54) is 37.0 Å². The van der Waals surface area contributed by atoms with E-state index in [4.69, 9.17) is 0 Å². The van der Waals surface area contributed by atoms with Crippen molar-refractivity contribution in [2.24, 2.45) is 0 Å². The Morgan fingerprint density at radius 3 is 2.04 bits per heavy atom. The number of unbranched alkanes of at least 4 members (excludes halogenated alkanes) is 2. The molecule has 3 aromatic rings. The van der Waals surface area contributed by atoms with Crippen molar-refractivity contribution in [3.63, 3.8) is 0 Å². The number of aryl methyl sites for hydroxylation is 1. The second-order valence-electron chi connectivity index (χ2n) is 6.33. The summed E-state index contributed by atoms with van der Waals surface area (Å²) in [6.07, 6.45) is 4.68. The van der Waals surface area contributed by atoms with Crippen molar-refractivity contribution in [2.45, 2.75) is 32.6 Å². The van der Waals surface area contributed by atoms with Gasteiger partial charge in [0.2, 0.25) is 0 Å². The third-order valence-corrected chi connectivity index (χ3v) is 4.49. The van der Waals surface area contributed by atoms with Crippen molar-refractivity contribution in [1.82, 2.24) is 0 Å². The Balaban J connectivity index is 1.83. The molecule has 0 aliphatic heterocycles. The van der Waals surface area contributed by atoms with Crippen LogP contribution in [-0.2, 0) is 6.42 Å². The lowest BCUT2D eigenvalue weighted by molar-refractivity contribution is 0.626. The largest absolute Gasteiger partial charge is 0.206 e. The molecule has 2 heteroatoms. The lowest BCUT2D eigenvalue weighted by atomic mass is 9.98. The molecule has 0 aliphatic carbocycles. The fraction of sp³-hybridized carbons (Fsp3) is 0.217. The van der Waals surface area contributed by atoms with Gasteiger partial charge in [0, 0.05) is 11.1 Å². The molecule has 3 rings (SSSR count). The van der Waals surface area contributed by atoms with Crippen molar-refractivity contribution in [3.8, 4) is 22.3 Å². The molecule has 0 aromatic heterocycles. The SMILES string of the molecule is CCCCCc1ccc(-c2ccc(-c3ccccc3F)cc2F)cc1. The first kappa shape index (κ1) is 17.3. The molecule has 0 radical (unpaired) electrons. The van der Waals surface area contributed by atoms with Crippen LogP contribution in [0.1, 0.15) is 31.7 Å². The lowest BCUT2D eigenvalue weighted by Gasteiger charge is -2.09. The molecule has 0 nitrogen and oxygen atoms in total. The fourth-order valence-electron chi connectivity index (χ4n) is 3.04. The van der Waals surface area contributed by atoms with Gasteiger partial charge in [0.1, 0.15) is 11.6 Å². The highest BCUT2D eigenvalue weighted by atomic mass is 19.1. The third kappa shape index (κ3) is 4.14. The zero-order valence-corrected chi connectivity index (χ0v) is 14.4. The molecule has 0 saturated carbocycles. The minimum absolute atomic E-state index is 0.334. The third-order valence-electron chi connectivity index (χ3n) is 4.49. The Kier molecular flexibility index (Phi) is 5.60. The van der Waals surface area contributed by atoms with Crippen LogP contribution >= 0.6 is 0 Å². The highest BCUT2D eigenvalue weighted by Crippen LogP contribution is 2.29. The van der Waals surface area contributed by atoms with Gasteiger partial charge in [0.15, 0.2) is 0 Å². The Morgan fingerprint density at radius 2 is 1.36 bits per heavy atom. The maximum Gasteiger partial charge on any atom is 0.131 e. The van der Waals surface area contributed by atoms with E-state index < -0.39 is 0 Å². The van der Waals surface area contributed by atoms with E-state index in [0.717, 1.165) is 12.0 Å². The van der Waals surface area contributed by atoms with Crippen LogP contribution < -0.4 is 0 Å². The van der Waals surface area contributed by atoms with Gasteiger partial charge < -0.3 is 0 Å². The zero-order valence-electron chi connectivity index (χ0n) is 14.4. The molecule has 0 heterocycles. The normalized spacial score (nSPS) is 10.8. The summed E-state index contributed by atoms with van der Waals surface area (Å²) in [6, 6.07) is 19.4. The van der Waals surface area contributed by atoms with Crippen molar-refractivity contribution in [2.75, 3.05) is 0 Å². The predicted octanol–water partition coefficient (Wildman–Crippen LogP) is 7.03. The zero-order chi connectivity index (χ0) is 17.6. The molecule has 0 spiro atoms. The van der Waals surface area contributed by atoms with Gasteiger partial charge >= 0.3 is 0 Å². The number of hydrogen-bond donors (Lipinski definition) is 0. The fourth-order valence-corrected chi connectivity index (χ4v) is 3.04. The first-order valence-electron chi connectivity index (χ1n) is 8.83. The number of halogens is 2. The standard InChI is InChI=1S/C23H22F2/c1-2-3-4-7-17-10-12-18(13-11-17)21-15-14-19(16-23(21)25)20-8-5-6-9-22(20)24/h5-6,8-16H,2-4,7H2,1H3. The maximum absolute atomic E-state index is 14.6. The smallest absolute Gasteiger partial charge is 0.131 e. The van der Waals surface area contributed by atoms with Gasteiger partial charge in [-0.15, -0.1) is 0 Å². The van der Waals surface area contributed by atoms with Crippen LogP contribution in [-0.4, -0.2) is 0 Å². The summed E-state index contributed by atoms with van der Waals surface area (Å²) in [5.41, 5.74) is 3.63. The van der Waals surface area contributed by atoms with Crippen molar-refractivity contribution < 1.29 is 8.78 Å². The molecule has 128 valence electrons. The highest BCUT2D eigenvalue weighted by molar-refractivity contribution is 5.71. The summed E-state index contributed by atoms with van der Waals surface area (Å²) in [6.45, 7) is 2.19. The summed E-state index contributed by atoms with van der Waals surface area (Å²) < 4.78 is 28.5. The molecule has 3 aromatic carbocycles. The molecule has 0 unspecified atom stereocenters. The molecule has 0 bridgehead atoms.